The molecule has 2 aromatic rings. The topological polar surface area (TPSA) is 59.1 Å². The number of aromatic nitrogens is 1. The molecule has 0 unspecified atom stereocenters. The monoisotopic (exact) mass is 306 g/mol. The van der Waals surface area contributed by atoms with Crippen LogP contribution in [0.25, 0.3) is 0 Å². The molecule has 0 atom stereocenters. The van der Waals surface area contributed by atoms with E-state index >= 15 is 0 Å². The first kappa shape index (κ1) is 15.3. The second-order valence-electron chi connectivity index (χ2n) is 4.51. The summed E-state index contributed by atoms with van der Waals surface area (Å²) in [5.41, 5.74) is 3.12. The molecule has 6 heteroatoms. The predicted molar refractivity (Wildman–Crippen MR) is 78.8 cm³/mol. The quantitative estimate of drug-likeness (QED) is 0.800. The maximum absolute atomic E-state index is 12.7. The Morgan fingerprint density at radius 3 is 2.62 bits per heavy atom. The molecule has 1 aromatic carbocycles. The molecule has 0 saturated heterocycles. The number of hydrogen-bond donors (Lipinski definition) is 1. The first-order chi connectivity index (χ1) is 10.1. The van der Waals surface area contributed by atoms with Crippen LogP contribution in [0.4, 0.5) is 4.39 Å². The molecular formula is C15H15FN2O2S. The highest BCUT2D eigenvalue weighted by Gasteiger charge is 2.09. The first-order valence-electron chi connectivity index (χ1n) is 6.57. The maximum Gasteiger partial charge on any atom is 0.220 e. The van der Waals surface area contributed by atoms with Crippen molar-refractivity contribution in [2.45, 2.75) is 19.3 Å². The highest BCUT2D eigenvalue weighted by Crippen LogP contribution is 2.07. The molecule has 110 valence electrons. The molecule has 0 aliphatic heterocycles. The number of nitrogens with one attached hydrogen (secondary N) is 1. The number of ketones is 1. The third kappa shape index (κ3) is 5.07. The van der Waals surface area contributed by atoms with Crippen molar-refractivity contribution in [2.24, 2.45) is 0 Å². The number of amides is 1. The number of hydrogen-bond acceptors (Lipinski definition) is 4. The van der Waals surface area contributed by atoms with Crippen LogP contribution in [0, 0.1) is 5.82 Å². The largest absolute Gasteiger partial charge is 0.356 e. The van der Waals surface area contributed by atoms with E-state index in [1.807, 2.05) is 5.38 Å². The van der Waals surface area contributed by atoms with Crippen LogP contribution in [-0.2, 0) is 11.2 Å². The molecule has 1 heterocycles. The van der Waals surface area contributed by atoms with Gasteiger partial charge in [0, 0.05) is 36.8 Å². The molecule has 1 aromatic heterocycles. The lowest BCUT2D eigenvalue weighted by Crippen LogP contribution is -2.26. The highest BCUT2D eigenvalue weighted by molar-refractivity contribution is 7.07. The average molecular weight is 306 g/mol. The van der Waals surface area contributed by atoms with Gasteiger partial charge in [-0.1, -0.05) is 0 Å². The molecule has 0 spiro atoms. The van der Waals surface area contributed by atoms with Gasteiger partial charge in [-0.2, -0.15) is 0 Å². The number of thiazole rings is 1. The van der Waals surface area contributed by atoms with Gasteiger partial charge in [-0.05, 0) is 24.3 Å². The summed E-state index contributed by atoms with van der Waals surface area (Å²) in [7, 11) is 0. The average Bonchev–Trinajstić information content (AvgIpc) is 2.99. The number of nitrogens with zero attached hydrogens (tertiary/aromatic N) is 1. The smallest absolute Gasteiger partial charge is 0.220 e. The second-order valence-corrected chi connectivity index (χ2v) is 5.23. The van der Waals surface area contributed by atoms with Gasteiger partial charge in [0.25, 0.3) is 0 Å². The summed E-state index contributed by atoms with van der Waals surface area (Å²) < 4.78 is 12.7. The van der Waals surface area contributed by atoms with E-state index in [0.29, 0.717) is 18.5 Å². The number of carbonyl (C=O) groups excluding carboxylic acids is 2. The fourth-order valence-corrected chi connectivity index (χ4v) is 2.38. The second kappa shape index (κ2) is 7.64. The van der Waals surface area contributed by atoms with E-state index < -0.39 is 0 Å². The molecule has 4 nitrogen and oxygen atoms in total. The summed E-state index contributed by atoms with van der Waals surface area (Å²) in [5, 5.41) is 4.69. The zero-order chi connectivity index (χ0) is 15.1. The number of rotatable bonds is 7. The Balaban J connectivity index is 1.68. The SMILES string of the molecule is O=C(CCC(=O)c1ccc(F)cc1)NCCc1cscn1. The van der Waals surface area contributed by atoms with E-state index in [9.17, 15) is 14.0 Å². The van der Waals surface area contributed by atoms with Crippen LogP contribution >= 0.6 is 11.3 Å². The van der Waals surface area contributed by atoms with Gasteiger partial charge in [-0.3, -0.25) is 9.59 Å². The Kier molecular flexibility index (Phi) is 5.57. The number of Topliss-reactive ketones (excluding diaryl/α,β-unsaturated/α-hetero) is 1. The van der Waals surface area contributed by atoms with Gasteiger partial charge in [0.05, 0.1) is 11.2 Å². The molecule has 1 amide bonds. The molecule has 21 heavy (non-hydrogen) atoms. The van der Waals surface area contributed by atoms with Gasteiger partial charge in [0.1, 0.15) is 5.82 Å². The molecule has 1 N–H and O–H groups in total. The summed E-state index contributed by atoms with van der Waals surface area (Å²) in [5.74, 6) is -0.711. The van der Waals surface area contributed by atoms with E-state index in [2.05, 4.69) is 10.3 Å². The normalized spacial score (nSPS) is 10.3. The Hall–Kier alpha value is -2.08. The van der Waals surface area contributed by atoms with Crippen molar-refractivity contribution in [3.8, 4) is 0 Å². The van der Waals surface area contributed by atoms with E-state index in [1.165, 1.54) is 35.6 Å². The highest BCUT2D eigenvalue weighted by atomic mass is 32.1. The number of halogens is 1. The lowest BCUT2D eigenvalue weighted by atomic mass is 10.1. The lowest BCUT2D eigenvalue weighted by Gasteiger charge is -2.04. The van der Waals surface area contributed by atoms with Crippen molar-refractivity contribution in [3.63, 3.8) is 0 Å². The van der Waals surface area contributed by atoms with Gasteiger partial charge >= 0.3 is 0 Å². The standard InChI is InChI=1S/C15H15FN2O2S/c16-12-3-1-11(2-4-12)14(19)5-6-15(20)17-8-7-13-9-21-10-18-13/h1-4,9-10H,5-8H2,(H,17,20). The van der Waals surface area contributed by atoms with E-state index in [4.69, 9.17) is 0 Å². The molecule has 0 radical (unpaired) electrons. The lowest BCUT2D eigenvalue weighted by molar-refractivity contribution is -0.121. The van der Waals surface area contributed by atoms with Crippen LogP contribution in [0.5, 0.6) is 0 Å². The van der Waals surface area contributed by atoms with Gasteiger partial charge in [0.2, 0.25) is 5.91 Å². The molecule has 0 aliphatic rings. The minimum atomic E-state index is -0.383. The Labute approximate surface area is 126 Å². The van der Waals surface area contributed by atoms with Gasteiger partial charge < -0.3 is 5.32 Å². The third-order valence-corrected chi connectivity index (χ3v) is 3.57. The molecule has 0 aliphatic carbocycles. The minimum Gasteiger partial charge on any atom is -0.356 e. The van der Waals surface area contributed by atoms with Gasteiger partial charge in [0.15, 0.2) is 5.78 Å². The Morgan fingerprint density at radius 1 is 1.19 bits per heavy atom. The number of benzene rings is 1. The first-order valence-corrected chi connectivity index (χ1v) is 7.52. The summed E-state index contributed by atoms with van der Waals surface area (Å²) >= 11 is 1.52. The zero-order valence-corrected chi connectivity index (χ0v) is 12.2. The van der Waals surface area contributed by atoms with Crippen molar-refractivity contribution in [1.29, 1.82) is 0 Å². The molecule has 2 rings (SSSR count). The molecule has 0 bridgehead atoms. The van der Waals surface area contributed by atoms with E-state index in [-0.39, 0.29) is 30.3 Å². The summed E-state index contributed by atoms with van der Waals surface area (Å²) in [6.07, 6.45) is 0.933. The maximum atomic E-state index is 12.7. The minimum absolute atomic E-state index is 0.119. The van der Waals surface area contributed by atoms with Gasteiger partial charge in [-0.25, -0.2) is 9.37 Å². The van der Waals surface area contributed by atoms with Crippen LogP contribution in [0.2, 0.25) is 0 Å². The van der Waals surface area contributed by atoms with Crippen LogP contribution in [0.3, 0.4) is 0 Å². The Bertz CT molecular complexity index is 597. The van der Waals surface area contributed by atoms with Crippen molar-refractivity contribution in [3.05, 3.63) is 52.2 Å². The molecule has 0 saturated carbocycles. The fourth-order valence-electron chi connectivity index (χ4n) is 1.79. The van der Waals surface area contributed by atoms with Crippen molar-refractivity contribution < 1.29 is 14.0 Å². The summed E-state index contributed by atoms with van der Waals surface area (Å²) in [6.45, 7) is 0.507. The van der Waals surface area contributed by atoms with Crippen LogP contribution in [-0.4, -0.2) is 23.2 Å². The fraction of sp³-hybridized carbons (Fsp3) is 0.267. The third-order valence-electron chi connectivity index (χ3n) is 2.93. The van der Waals surface area contributed by atoms with Crippen LogP contribution < -0.4 is 5.32 Å². The molecular weight excluding hydrogens is 291 g/mol. The number of carbonyl (C=O) groups is 2. The van der Waals surface area contributed by atoms with Gasteiger partial charge in [-0.15, -0.1) is 11.3 Å². The summed E-state index contributed by atoms with van der Waals surface area (Å²) in [6, 6.07) is 5.33. The van der Waals surface area contributed by atoms with Crippen molar-refractivity contribution in [2.75, 3.05) is 6.54 Å². The predicted octanol–water partition coefficient (Wildman–Crippen LogP) is 2.60. The van der Waals surface area contributed by atoms with Crippen molar-refractivity contribution >= 4 is 23.0 Å². The zero-order valence-electron chi connectivity index (χ0n) is 11.3. The summed E-state index contributed by atoms with van der Waals surface area (Å²) in [4.78, 5) is 27.5. The van der Waals surface area contributed by atoms with Crippen molar-refractivity contribution in [1.82, 2.24) is 10.3 Å². The van der Waals surface area contributed by atoms with E-state index in [1.54, 1.807) is 5.51 Å². The molecule has 0 fully saturated rings. The Morgan fingerprint density at radius 2 is 1.95 bits per heavy atom. The van der Waals surface area contributed by atoms with Crippen LogP contribution in [0.15, 0.2) is 35.2 Å². The van der Waals surface area contributed by atoms with Crippen LogP contribution in [0.1, 0.15) is 28.9 Å². The van der Waals surface area contributed by atoms with E-state index in [0.717, 1.165) is 5.69 Å².